The van der Waals surface area contributed by atoms with Gasteiger partial charge < -0.3 is 10.7 Å². The molecule has 4 heteroatoms. The lowest BCUT2D eigenvalue weighted by atomic mass is 9.86. The first-order valence-electron chi connectivity index (χ1n) is 7.89. The van der Waals surface area contributed by atoms with Crippen LogP contribution in [0.25, 0.3) is 5.69 Å². The van der Waals surface area contributed by atoms with E-state index in [9.17, 15) is 4.79 Å². The fraction of sp³-hybridized carbons (Fsp3) is 0.471. The van der Waals surface area contributed by atoms with Crippen LogP contribution in [0.15, 0.2) is 35.3 Å². The minimum Gasteiger partial charge on any atom is -0.399 e. The van der Waals surface area contributed by atoms with Gasteiger partial charge in [0.05, 0.1) is 5.69 Å². The van der Waals surface area contributed by atoms with Gasteiger partial charge in [0, 0.05) is 17.6 Å². The van der Waals surface area contributed by atoms with Crippen molar-refractivity contribution in [3.8, 4) is 5.69 Å². The normalized spacial score (nSPS) is 16.2. The smallest absolute Gasteiger partial charge is 0.330 e. The van der Waals surface area contributed by atoms with Gasteiger partial charge in [-0.1, -0.05) is 32.1 Å². The first-order valence-corrected chi connectivity index (χ1v) is 7.89. The lowest BCUT2D eigenvalue weighted by Gasteiger charge is -2.20. The highest BCUT2D eigenvalue weighted by Gasteiger charge is 2.14. The van der Waals surface area contributed by atoms with Crippen LogP contribution in [0, 0.1) is 5.92 Å². The molecule has 0 bridgehead atoms. The van der Waals surface area contributed by atoms with Crippen LogP contribution in [0.2, 0.25) is 0 Å². The predicted octanol–water partition coefficient (Wildman–Crippen LogP) is 3.26. The maximum absolute atomic E-state index is 12.1. The largest absolute Gasteiger partial charge is 0.399 e. The Balaban J connectivity index is 1.69. The van der Waals surface area contributed by atoms with Gasteiger partial charge in [0.25, 0.3) is 0 Å². The Bertz CT molecular complexity index is 633. The van der Waals surface area contributed by atoms with Crippen LogP contribution in [0.1, 0.15) is 44.2 Å². The Morgan fingerprint density at radius 1 is 1.14 bits per heavy atom. The maximum atomic E-state index is 12.1. The highest BCUT2D eigenvalue weighted by atomic mass is 16.1. The molecule has 1 fully saturated rings. The zero-order chi connectivity index (χ0) is 14.7. The molecule has 21 heavy (non-hydrogen) atoms. The van der Waals surface area contributed by atoms with Crippen molar-refractivity contribution in [1.82, 2.24) is 9.55 Å². The van der Waals surface area contributed by atoms with Crippen molar-refractivity contribution in [3.63, 3.8) is 0 Å². The van der Waals surface area contributed by atoms with Gasteiger partial charge in [0.1, 0.15) is 0 Å². The van der Waals surface area contributed by atoms with E-state index >= 15 is 0 Å². The molecule has 1 aliphatic carbocycles. The number of rotatable bonds is 4. The van der Waals surface area contributed by atoms with Crippen molar-refractivity contribution in [2.75, 3.05) is 5.73 Å². The molecule has 0 unspecified atom stereocenters. The molecule has 4 nitrogen and oxygen atoms in total. The summed E-state index contributed by atoms with van der Waals surface area (Å²) in [6, 6.07) is 7.37. The average Bonchev–Trinajstić information content (AvgIpc) is 2.88. The quantitative estimate of drug-likeness (QED) is 0.847. The summed E-state index contributed by atoms with van der Waals surface area (Å²) in [5, 5.41) is 0. The molecule has 1 aromatic heterocycles. The van der Waals surface area contributed by atoms with E-state index in [-0.39, 0.29) is 5.69 Å². The third-order valence-corrected chi connectivity index (χ3v) is 4.49. The minimum atomic E-state index is -0.0709. The molecule has 0 atom stereocenters. The Kier molecular flexibility index (Phi) is 4.13. The highest BCUT2D eigenvalue weighted by molar-refractivity contribution is 5.45. The molecule has 1 heterocycles. The molecule has 1 aliphatic rings. The lowest BCUT2D eigenvalue weighted by Crippen LogP contribution is -2.14. The minimum absolute atomic E-state index is 0.0709. The molecular weight excluding hydrogens is 262 g/mol. The molecule has 0 radical (unpaired) electrons. The Labute approximate surface area is 125 Å². The van der Waals surface area contributed by atoms with Crippen LogP contribution in [-0.4, -0.2) is 9.55 Å². The monoisotopic (exact) mass is 285 g/mol. The van der Waals surface area contributed by atoms with Crippen LogP contribution in [0.5, 0.6) is 0 Å². The van der Waals surface area contributed by atoms with Gasteiger partial charge in [-0.25, -0.2) is 4.79 Å². The summed E-state index contributed by atoms with van der Waals surface area (Å²) >= 11 is 0. The van der Waals surface area contributed by atoms with Crippen molar-refractivity contribution in [1.29, 1.82) is 0 Å². The molecule has 1 aromatic carbocycles. The van der Waals surface area contributed by atoms with Crippen LogP contribution >= 0.6 is 0 Å². The van der Waals surface area contributed by atoms with Gasteiger partial charge >= 0.3 is 5.69 Å². The third-order valence-electron chi connectivity index (χ3n) is 4.49. The summed E-state index contributed by atoms with van der Waals surface area (Å²) in [5.74, 6) is 0.835. The average molecular weight is 285 g/mol. The van der Waals surface area contributed by atoms with E-state index in [1.165, 1.54) is 38.5 Å². The highest BCUT2D eigenvalue weighted by Crippen LogP contribution is 2.27. The summed E-state index contributed by atoms with van der Waals surface area (Å²) in [5.41, 5.74) is 8.21. The van der Waals surface area contributed by atoms with Crippen molar-refractivity contribution in [3.05, 3.63) is 46.6 Å². The van der Waals surface area contributed by atoms with E-state index in [0.717, 1.165) is 23.7 Å². The second-order valence-corrected chi connectivity index (χ2v) is 6.09. The van der Waals surface area contributed by atoms with Gasteiger partial charge in [0.15, 0.2) is 0 Å². The lowest BCUT2D eigenvalue weighted by molar-refractivity contribution is 0.338. The standard InChI is InChI=1S/C17H23N3O/c18-14-7-10-16(11-8-14)20-12-15(19-17(20)21)9-6-13-4-2-1-3-5-13/h7-8,10-13H,1-6,9,18H2,(H,19,21). The van der Waals surface area contributed by atoms with Crippen molar-refractivity contribution in [2.45, 2.75) is 44.9 Å². The molecule has 0 spiro atoms. The number of nitrogens with two attached hydrogens (primary N) is 1. The zero-order valence-electron chi connectivity index (χ0n) is 12.3. The second-order valence-electron chi connectivity index (χ2n) is 6.09. The van der Waals surface area contributed by atoms with Crippen molar-refractivity contribution >= 4 is 5.69 Å². The summed E-state index contributed by atoms with van der Waals surface area (Å²) < 4.78 is 1.66. The number of aryl methyl sites for hydroxylation is 1. The predicted molar refractivity (Wildman–Crippen MR) is 85.7 cm³/mol. The summed E-state index contributed by atoms with van der Waals surface area (Å²) in [6.07, 6.45) is 10.9. The second kappa shape index (κ2) is 6.20. The summed E-state index contributed by atoms with van der Waals surface area (Å²) in [4.78, 5) is 15.0. The van der Waals surface area contributed by atoms with E-state index < -0.39 is 0 Å². The number of H-pyrrole nitrogens is 1. The Morgan fingerprint density at radius 2 is 1.86 bits per heavy atom. The van der Waals surface area contributed by atoms with Crippen LogP contribution < -0.4 is 11.4 Å². The topological polar surface area (TPSA) is 63.8 Å². The van der Waals surface area contributed by atoms with Gasteiger partial charge in [-0.05, 0) is 43.0 Å². The zero-order valence-corrected chi connectivity index (χ0v) is 12.3. The molecule has 2 aromatic rings. The van der Waals surface area contributed by atoms with E-state index in [1.807, 2.05) is 30.5 Å². The Hall–Kier alpha value is -1.97. The van der Waals surface area contributed by atoms with Crippen LogP contribution in [0.3, 0.4) is 0 Å². The summed E-state index contributed by atoms with van der Waals surface area (Å²) in [7, 11) is 0. The van der Waals surface area contributed by atoms with Gasteiger partial charge in [0.2, 0.25) is 0 Å². The van der Waals surface area contributed by atoms with Crippen LogP contribution in [0.4, 0.5) is 5.69 Å². The Morgan fingerprint density at radius 3 is 2.57 bits per heavy atom. The van der Waals surface area contributed by atoms with E-state index in [1.54, 1.807) is 4.57 Å². The number of nitrogens with one attached hydrogen (secondary N) is 1. The molecule has 112 valence electrons. The first kappa shape index (κ1) is 14.0. The number of imidazole rings is 1. The van der Waals surface area contributed by atoms with E-state index in [4.69, 9.17) is 5.73 Å². The molecule has 0 saturated heterocycles. The van der Waals surface area contributed by atoms with Crippen molar-refractivity contribution < 1.29 is 0 Å². The van der Waals surface area contributed by atoms with Gasteiger partial charge in [-0.15, -0.1) is 0 Å². The SMILES string of the molecule is Nc1ccc(-n2cc(CCC3CCCCC3)[nH]c2=O)cc1. The third kappa shape index (κ3) is 3.38. The number of nitrogens with zero attached hydrogens (tertiary/aromatic N) is 1. The molecule has 0 amide bonds. The van der Waals surface area contributed by atoms with Crippen molar-refractivity contribution in [2.24, 2.45) is 5.92 Å². The molecular formula is C17H23N3O. The maximum Gasteiger partial charge on any atom is 0.330 e. The number of anilines is 1. The molecule has 0 aliphatic heterocycles. The van der Waals surface area contributed by atoms with Gasteiger partial charge in [-0.2, -0.15) is 0 Å². The number of hydrogen-bond donors (Lipinski definition) is 2. The number of nitrogen functional groups attached to an aromatic ring is 1. The van der Waals surface area contributed by atoms with Crippen LogP contribution in [-0.2, 0) is 6.42 Å². The first-order chi connectivity index (χ1) is 10.2. The number of hydrogen-bond acceptors (Lipinski definition) is 2. The fourth-order valence-corrected chi connectivity index (χ4v) is 3.23. The molecule has 3 N–H and O–H groups in total. The van der Waals surface area contributed by atoms with E-state index in [2.05, 4.69) is 4.98 Å². The number of aromatic amines is 1. The van der Waals surface area contributed by atoms with Gasteiger partial charge in [-0.3, -0.25) is 4.57 Å². The number of aromatic nitrogens is 2. The molecule has 3 rings (SSSR count). The van der Waals surface area contributed by atoms with E-state index in [0.29, 0.717) is 5.69 Å². The number of benzene rings is 1. The summed E-state index contributed by atoms with van der Waals surface area (Å²) in [6.45, 7) is 0. The molecule has 1 saturated carbocycles. The fourth-order valence-electron chi connectivity index (χ4n) is 3.23.